The first kappa shape index (κ1) is 26.3. The first-order valence-corrected chi connectivity index (χ1v) is 11.5. The Labute approximate surface area is 209 Å². The van der Waals surface area contributed by atoms with Crippen molar-refractivity contribution < 1.29 is 31.8 Å². The molecule has 0 saturated carbocycles. The van der Waals surface area contributed by atoms with E-state index in [-0.39, 0.29) is 28.7 Å². The molecule has 4 aromatic rings. The number of halogens is 5. The van der Waals surface area contributed by atoms with Gasteiger partial charge in [0.15, 0.2) is 11.6 Å². The van der Waals surface area contributed by atoms with Gasteiger partial charge in [-0.15, -0.1) is 0 Å². The molecule has 1 heterocycles. The molecule has 0 spiro atoms. The Balaban J connectivity index is 1.80. The lowest BCUT2D eigenvalue weighted by atomic mass is 9.78. The van der Waals surface area contributed by atoms with Gasteiger partial charge in [0.2, 0.25) is 5.60 Å². The van der Waals surface area contributed by atoms with Crippen LogP contribution in [0.25, 0.3) is 16.6 Å². The van der Waals surface area contributed by atoms with Gasteiger partial charge in [-0.3, -0.25) is 0 Å². The molecule has 0 radical (unpaired) electrons. The zero-order valence-corrected chi connectivity index (χ0v) is 20.0. The molecule has 0 amide bonds. The van der Waals surface area contributed by atoms with E-state index in [1.165, 1.54) is 66.5 Å². The third kappa shape index (κ3) is 4.69. The second-order valence-electron chi connectivity index (χ2n) is 8.68. The van der Waals surface area contributed by atoms with Gasteiger partial charge in [0.05, 0.1) is 30.2 Å². The lowest BCUT2D eigenvalue weighted by Crippen LogP contribution is -2.53. The number of rotatable bonds is 8. The van der Waals surface area contributed by atoms with Gasteiger partial charge in [0.1, 0.15) is 5.82 Å². The van der Waals surface area contributed by atoms with Crippen molar-refractivity contribution in [1.82, 2.24) is 9.78 Å². The van der Waals surface area contributed by atoms with E-state index in [0.717, 1.165) is 6.07 Å². The Hall–Kier alpha value is -3.79. The van der Waals surface area contributed by atoms with Crippen LogP contribution in [0, 0.1) is 17.0 Å². The fraction of sp³-hybridized carbons (Fsp3) is 0.259. The molecule has 10 heteroatoms. The minimum absolute atomic E-state index is 0.123. The number of fused-ring (bicyclic) bond motifs is 1. The summed E-state index contributed by atoms with van der Waals surface area (Å²) in [5.41, 5.74) is -3.77. The molecule has 2 atom stereocenters. The van der Waals surface area contributed by atoms with Crippen molar-refractivity contribution in [3.8, 4) is 11.4 Å². The zero-order valence-electron chi connectivity index (χ0n) is 20.0. The fourth-order valence-corrected chi connectivity index (χ4v) is 4.53. The molecule has 4 rings (SSSR count). The second-order valence-corrected chi connectivity index (χ2v) is 8.68. The first-order valence-electron chi connectivity index (χ1n) is 11.5. The quantitative estimate of drug-likeness (QED) is 0.206. The predicted octanol–water partition coefficient (Wildman–Crippen LogP) is 6.56. The summed E-state index contributed by atoms with van der Waals surface area (Å²) in [6, 6.07) is 13.7. The van der Waals surface area contributed by atoms with E-state index in [4.69, 9.17) is 10.1 Å². The third-order valence-corrected chi connectivity index (χ3v) is 6.51. The van der Waals surface area contributed by atoms with Crippen molar-refractivity contribution in [3.63, 3.8) is 0 Å². The summed E-state index contributed by atoms with van der Waals surface area (Å²) in [4.78, 5) is 0. The maximum Gasteiger partial charge on any atom is 0.422 e. The van der Waals surface area contributed by atoms with E-state index in [1.54, 1.807) is 13.0 Å². The Morgan fingerprint density at radius 3 is 2.35 bits per heavy atom. The van der Waals surface area contributed by atoms with Crippen molar-refractivity contribution in [3.05, 3.63) is 89.6 Å². The van der Waals surface area contributed by atoms with E-state index in [2.05, 4.69) is 5.10 Å². The highest BCUT2D eigenvalue weighted by atomic mass is 19.4. The Morgan fingerprint density at radius 1 is 1.05 bits per heavy atom. The molecular weight excluding hydrogens is 493 g/mol. The van der Waals surface area contributed by atoms with Crippen molar-refractivity contribution in [1.29, 1.82) is 5.41 Å². The van der Waals surface area contributed by atoms with Crippen molar-refractivity contribution in [2.75, 3.05) is 7.11 Å². The Bertz CT molecular complexity index is 1430. The number of ether oxygens (including phenoxy) is 1. The van der Waals surface area contributed by atoms with Crippen LogP contribution >= 0.6 is 0 Å². The number of aliphatic hydroxyl groups is 1. The molecule has 5 nitrogen and oxygen atoms in total. The van der Waals surface area contributed by atoms with Crippen molar-refractivity contribution in [2.24, 2.45) is 0 Å². The van der Waals surface area contributed by atoms with Crippen LogP contribution in [0.15, 0.2) is 66.9 Å². The summed E-state index contributed by atoms with van der Waals surface area (Å²) < 4.78 is 77.6. The number of nitrogens with zero attached hydrogens (tertiary/aromatic N) is 2. The largest absolute Gasteiger partial charge is 0.493 e. The topological polar surface area (TPSA) is 71.1 Å². The fourth-order valence-electron chi connectivity index (χ4n) is 4.53. The number of benzene rings is 3. The van der Waals surface area contributed by atoms with Crippen LogP contribution < -0.4 is 4.74 Å². The monoisotopic (exact) mass is 517 g/mol. The maximum atomic E-state index is 14.5. The lowest BCUT2D eigenvalue weighted by molar-refractivity contribution is -0.234. The van der Waals surface area contributed by atoms with E-state index in [9.17, 15) is 27.1 Å². The number of hydrogen-bond acceptors (Lipinski definition) is 4. The predicted molar refractivity (Wildman–Crippen MR) is 129 cm³/mol. The van der Waals surface area contributed by atoms with Crippen molar-refractivity contribution in [2.45, 2.75) is 37.5 Å². The molecular formula is C27H24F5N3O2. The van der Waals surface area contributed by atoms with Crippen LogP contribution in [0.4, 0.5) is 22.0 Å². The van der Waals surface area contributed by atoms with Crippen LogP contribution in [0.2, 0.25) is 0 Å². The molecule has 194 valence electrons. The van der Waals surface area contributed by atoms with Gasteiger partial charge in [0, 0.05) is 16.5 Å². The minimum Gasteiger partial charge on any atom is -0.493 e. The summed E-state index contributed by atoms with van der Waals surface area (Å²) in [6.07, 6.45) is -4.72. The number of aromatic nitrogens is 2. The van der Waals surface area contributed by atoms with Gasteiger partial charge in [0.25, 0.3) is 0 Å². The number of para-hydroxylation sites is 1. The molecule has 0 aliphatic carbocycles. The SMILES string of the molecule is CCC(CC(O)(C(=N)c1cccc2c1cnn2-c1ccc(F)cc1)C(F)(F)F)c1cccc(F)c1OC. The molecule has 0 bridgehead atoms. The maximum absolute atomic E-state index is 14.5. The van der Waals surface area contributed by atoms with Crippen LogP contribution in [0.3, 0.4) is 0 Å². The van der Waals surface area contributed by atoms with Gasteiger partial charge >= 0.3 is 6.18 Å². The van der Waals surface area contributed by atoms with Gasteiger partial charge in [-0.25, -0.2) is 13.5 Å². The summed E-state index contributed by atoms with van der Waals surface area (Å²) in [7, 11) is 1.21. The molecule has 0 aliphatic rings. The summed E-state index contributed by atoms with van der Waals surface area (Å²) >= 11 is 0. The van der Waals surface area contributed by atoms with E-state index < -0.39 is 41.5 Å². The standard InChI is InChI=1S/C27H24F5N3O2/c1-3-16(19-6-4-8-22(29)24(19)37-2)14-26(36,27(30,31)32)25(33)20-7-5-9-23-21(20)15-34-35(23)18-12-10-17(28)11-13-18/h4-13,15-16,33,36H,3,14H2,1-2H3. The normalized spacial score (nSPS) is 14.4. The molecule has 3 aromatic carbocycles. The molecule has 0 aliphatic heterocycles. The van der Waals surface area contributed by atoms with Gasteiger partial charge in [-0.2, -0.15) is 18.3 Å². The van der Waals surface area contributed by atoms with Gasteiger partial charge in [-0.05, 0) is 55.2 Å². The molecule has 2 N–H and O–H groups in total. The summed E-state index contributed by atoms with van der Waals surface area (Å²) in [6.45, 7) is 1.61. The molecule has 0 saturated heterocycles. The van der Waals surface area contributed by atoms with E-state index >= 15 is 0 Å². The van der Waals surface area contributed by atoms with Crippen molar-refractivity contribution >= 4 is 16.6 Å². The molecule has 1 aromatic heterocycles. The first-order chi connectivity index (χ1) is 17.5. The van der Waals surface area contributed by atoms with Gasteiger partial charge < -0.3 is 15.3 Å². The third-order valence-electron chi connectivity index (χ3n) is 6.51. The van der Waals surface area contributed by atoms with E-state index in [1.807, 2.05) is 0 Å². The highest BCUT2D eigenvalue weighted by molar-refractivity contribution is 6.13. The lowest BCUT2D eigenvalue weighted by Gasteiger charge is -2.35. The average Bonchev–Trinajstić information content (AvgIpc) is 3.30. The Morgan fingerprint density at radius 2 is 1.73 bits per heavy atom. The second kappa shape index (κ2) is 9.93. The number of nitrogens with one attached hydrogen (secondary N) is 1. The number of hydrogen-bond donors (Lipinski definition) is 2. The van der Waals surface area contributed by atoms with Crippen LogP contribution in [-0.2, 0) is 0 Å². The minimum atomic E-state index is -5.22. The van der Waals surface area contributed by atoms with E-state index in [0.29, 0.717) is 11.2 Å². The van der Waals surface area contributed by atoms with Crippen LogP contribution in [0.5, 0.6) is 5.75 Å². The summed E-state index contributed by atoms with van der Waals surface area (Å²) in [5.74, 6) is -2.37. The van der Waals surface area contributed by atoms with Crippen LogP contribution in [-0.4, -0.2) is 39.5 Å². The summed E-state index contributed by atoms with van der Waals surface area (Å²) in [5, 5.41) is 24.1. The zero-order chi connectivity index (χ0) is 27.0. The average molecular weight is 517 g/mol. The van der Waals surface area contributed by atoms with Crippen LogP contribution in [0.1, 0.15) is 36.8 Å². The number of alkyl halides is 3. The molecule has 37 heavy (non-hydrogen) atoms. The molecule has 0 fully saturated rings. The molecule has 2 unspecified atom stereocenters. The number of methoxy groups -OCH3 is 1. The van der Waals surface area contributed by atoms with Gasteiger partial charge in [-0.1, -0.05) is 31.2 Å². The Kier molecular flexibility index (Phi) is 7.05. The highest BCUT2D eigenvalue weighted by Crippen LogP contribution is 2.44. The highest BCUT2D eigenvalue weighted by Gasteiger charge is 2.58. The smallest absolute Gasteiger partial charge is 0.422 e.